The van der Waals surface area contributed by atoms with Crippen LogP contribution in [0, 0.1) is 0 Å². The molecule has 112 valence electrons. The molecule has 1 aliphatic heterocycles. The maximum absolute atomic E-state index is 12.0. The highest BCUT2D eigenvalue weighted by atomic mass is 32.1. The van der Waals surface area contributed by atoms with E-state index in [4.69, 9.17) is 10.5 Å². The van der Waals surface area contributed by atoms with Gasteiger partial charge in [-0.25, -0.2) is 9.78 Å². The van der Waals surface area contributed by atoms with Crippen molar-refractivity contribution in [2.45, 2.75) is 32.9 Å². The Bertz CT molecular complexity index is 461. The number of hydrogen-bond donors (Lipinski definition) is 1. The molecule has 0 bridgehead atoms. The first-order valence-corrected chi connectivity index (χ1v) is 7.64. The number of rotatable bonds is 2. The summed E-state index contributed by atoms with van der Waals surface area (Å²) >= 11 is 1.60. The van der Waals surface area contributed by atoms with E-state index in [2.05, 4.69) is 9.88 Å². The predicted molar refractivity (Wildman–Crippen MR) is 80.0 cm³/mol. The lowest BCUT2D eigenvalue weighted by molar-refractivity contribution is 0.0240. The summed E-state index contributed by atoms with van der Waals surface area (Å²) in [6.07, 6.45) is -0.237. The standard InChI is InChI=1S/C13H22N4O2S/c1-13(2,3)19-12(18)17-6-4-16(5-7-17)11-15-10(8-14)9-20-11/h9H,4-8,14H2,1-3H3. The molecule has 1 saturated heterocycles. The van der Waals surface area contributed by atoms with Crippen molar-refractivity contribution in [2.24, 2.45) is 5.73 Å². The van der Waals surface area contributed by atoms with Crippen LogP contribution in [0.4, 0.5) is 9.93 Å². The average molecular weight is 298 g/mol. The van der Waals surface area contributed by atoms with Gasteiger partial charge >= 0.3 is 6.09 Å². The van der Waals surface area contributed by atoms with Gasteiger partial charge in [0.1, 0.15) is 5.60 Å². The molecule has 1 fully saturated rings. The molecule has 2 N–H and O–H groups in total. The van der Waals surface area contributed by atoms with E-state index in [-0.39, 0.29) is 6.09 Å². The molecule has 0 aliphatic carbocycles. The molecule has 0 atom stereocenters. The topological polar surface area (TPSA) is 71.7 Å². The first kappa shape index (κ1) is 15.1. The fraction of sp³-hybridized carbons (Fsp3) is 0.692. The number of aromatic nitrogens is 1. The number of amides is 1. The van der Waals surface area contributed by atoms with E-state index in [0.29, 0.717) is 19.6 Å². The van der Waals surface area contributed by atoms with Crippen molar-refractivity contribution in [2.75, 3.05) is 31.1 Å². The Hall–Kier alpha value is -1.34. The van der Waals surface area contributed by atoms with Gasteiger partial charge in [0.05, 0.1) is 5.69 Å². The zero-order valence-electron chi connectivity index (χ0n) is 12.3. The number of piperazine rings is 1. The van der Waals surface area contributed by atoms with Gasteiger partial charge in [-0.1, -0.05) is 0 Å². The zero-order chi connectivity index (χ0) is 14.8. The normalized spacial score (nSPS) is 16.4. The molecule has 20 heavy (non-hydrogen) atoms. The third-order valence-corrected chi connectivity index (χ3v) is 3.90. The van der Waals surface area contributed by atoms with Gasteiger partial charge in [0.15, 0.2) is 5.13 Å². The molecule has 1 amide bonds. The number of thiazole rings is 1. The van der Waals surface area contributed by atoms with Crippen molar-refractivity contribution < 1.29 is 9.53 Å². The summed E-state index contributed by atoms with van der Waals surface area (Å²) in [5.74, 6) is 0. The highest BCUT2D eigenvalue weighted by Crippen LogP contribution is 2.22. The van der Waals surface area contributed by atoms with E-state index in [1.54, 1.807) is 16.2 Å². The number of carbonyl (C=O) groups is 1. The number of ether oxygens (including phenoxy) is 1. The summed E-state index contributed by atoms with van der Waals surface area (Å²) in [7, 11) is 0. The van der Waals surface area contributed by atoms with Gasteiger partial charge in [-0.15, -0.1) is 11.3 Å². The van der Waals surface area contributed by atoms with Crippen molar-refractivity contribution in [3.8, 4) is 0 Å². The summed E-state index contributed by atoms with van der Waals surface area (Å²) in [6, 6.07) is 0. The zero-order valence-corrected chi connectivity index (χ0v) is 13.1. The van der Waals surface area contributed by atoms with E-state index in [0.717, 1.165) is 23.9 Å². The van der Waals surface area contributed by atoms with Gasteiger partial charge in [0.2, 0.25) is 0 Å². The lowest BCUT2D eigenvalue weighted by Gasteiger charge is -2.35. The molecule has 2 heterocycles. The molecule has 1 aromatic heterocycles. The molecule has 2 rings (SSSR count). The third kappa shape index (κ3) is 3.83. The second-order valence-electron chi connectivity index (χ2n) is 5.78. The molecular formula is C13H22N4O2S. The molecule has 0 unspecified atom stereocenters. The first-order valence-electron chi connectivity index (χ1n) is 6.76. The van der Waals surface area contributed by atoms with Crippen LogP contribution in [0.3, 0.4) is 0 Å². The monoisotopic (exact) mass is 298 g/mol. The van der Waals surface area contributed by atoms with Crippen LogP contribution in [0.2, 0.25) is 0 Å². The minimum atomic E-state index is -0.445. The Morgan fingerprint density at radius 1 is 1.40 bits per heavy atom. The van der Waals surface area contributed by atoms with Crippen LogP contribution in [0.25, 0.3) is 0 Å². The second-order valence-corrected chi connectivity index (χ2v) is 6.62. The Morgan fingerprint density at radius 2 is 2.05 bits per heavy atom. The first-order chi connectivity index (χ1) is 9.39. The van der Waals surface area contributed by atoms with Crippen LogP contribution in [-0.2, 0) is 11.3 Å². The van der Waals surface area contributed by atoms with Crippen molar-refractivity contribution in [1.29, 1.82) is 0 Å². The van der Waals surface area contributed by atoms with Crippen LogP contribution < -0.4 is 10.6 Å². The molecule has 1 aliphatic rings. The Labute approximate surface area is 123 Å². The van der Waals surface area contributed by atoms with E-state index in [1.165, 1.54) is 0 Å². The van der Waals surface area contributed by atoms with E-state index < -0.39 is 5.60 Å². The number of nitrogens with two attached hydrogens (primary N) is 1. The molecule has 7 heteroatoms. The van der Waals surface area contributed by atoms with Crippen molar-refractivity contribution >= 4 is 22.6 Å². The lowest BCUT2D eigenvalue weighted by Crippen LogP contribution is -2.50. The highest BCUT2D eigenvalue weighted by molar-refractivity contribution is 7.13. The lowest BCUT2D eigenvalue weighted by atomic mass is 10.2. The number of hydrogen-bond acceptors (Lipinski definition) is 6. The van der Waals surface area contributed by atoms with Crippen molar-refractivity contribution in [3.63, 3.8) is 0 Å². The SMILES string of the molecule is CC(C)(C)OC(=O)N1CCN(c2nc(CN)cs2)CC1. The fourth-order valence-corrected chi connectivity index (χ4v) is 2.83. The molecule has 0 radical (unpaired) electrons. The summed E-state index contributed by atoms with van der Waals surface area (Å²) in [5.41, 5.74) is 6.04. The summed E-state index contributed by atoms with van der Waals surface area (Å²) in [4.78, 5) is 20.4. The van der Waals surface area contributed by atoms with E-state index in [9.17, 15) is 4.79 Å². The van der Waals surface area contributed by atoms with Crippen LogP contribution >= 0.6 is 11.3 Å². The number of nitrogens with zero attached hydrogens (tertiary/aromatic N) is 3. The van der Waals surface area contributed by atoms with E-state index in [1.807, 2.05) is 26.2 Å². The Kier molecular flexibility index (Phi) is 4.49. The van der Waals surface area contributed by atoms with Gasteiger partial charge in [-0.05, 0) is 20.8 Å². The number of carbonyl (C=O) groups excluding carboxylic acids is 1. The molecule has 6 nitrogen and oxygen atoms in total. The summed E-state index contributed by atoms with van der Waals surface area (Å²) in [5, 5.41) is 2.96. The smallest absolute Gasteiger partial charge is 0.410 e. The molecule has 0 spiro atoms. The molecule has 0 aromatic carbocycles. The van der Waals surface area contributed by atoms with Crippen LogP contribution in [0.5, 0.6) is 0 Å². The van der Waals surface area contributed by atoms with Crippen LogP contribution in [0.15, 0.2) is 5.38 Å². The van der Waals surface area contributed by atoms with Gasteiger partial charge < -0.3 is 20.3 Å². The van der Waals surface area contributed by atoms with Crippen molar-refractivity contribution in [1.82, 2.24) is 9.88 Å². The van der Waals surface area contributed by atoms with Gasteiger partial charge in [-0.2, -0.15) is 0 Å². The number of anilines is 1. The Morgan fingerprint density at radius 3 is 2.55 bits per heavy atom. The van der Waals surface area contributed by atoms with Gasteiger partial charge in [-0.3, -0.25) is 0 Å². The molecular weight excluding hydrogens is 276 g/mol. The molecule has 1 aromatic rings. The predicted octanol–water partition coefficient (Wildman–Crippen LogP) is 1.66. The van der Waals surface area contributed by atoms with Crippen LogP contribution in [0.1, 0.15) is 26.5 Å². The minimum absolute atomic E-state index is 0.237. The highest BCUT2D eigenvalue weighted by Gasteiger charge is 2.26. The van der Waals surface area contributed by atoms with E-state index >= 15 is 0 Å². The third-order valence-electron chi connectivity index (χ3n) is 2.95. The fourth-order valence-electron chi connectivity index (χ4n) is 1.94. The second kappa shape index (κ2) is 5.97. The van der Waals surface area contributed by atoms with Gasteiger partial charge in [0, 0.05) is 38.1 Å². The summed E-state index contributed by atoms with van der Waals surface area (Å²) in [6.45, 7) is 8.97. The Balaban J connectivity index is 1.87. The average Bonchev–Trinajstić information content (AvgIpc) is 2.85. The summed E-state index contributed by atoms with van der Waals surface area (Å²) < 4.78 is 5.38. The molecule has 0 saturated carbocycles. The van der Waals surface area contributed by atoms with Gasteiger partial charge in [0.25, 0.3) is 0 Å². The maximum atomic E-state index is 12.0. The quantitative estimate of drug-likeness (QED) is 0.899. The minimum Gasteiger partial charge on any atom is -0.444 e. The van der Waals surface area contributed by atoms with Crippen molar-refractivity contribution in [3.05, 3.63) is 11.1 Å². The largest absolute Gasteiger partial charge is 0.444 e. The maximum Gasteiger partial charge on any atom is 0.410 e. The van der Waals surface area contributed by atoms with Crippen LogP contribution in [-0.4, -0.2) is 47.8 Å².